The Bertz CT molecular complexity index is 1040. The molecule has 0 unspecified atom stereocenters. The summed E-state index contributed by atoms with van der Waals surface area (Å²) in [6, 6.07) is 8.25. The van der Waals surface area contributed by atoms with Gasteiger partial charge in [0.25, 0.3) is 0 Å². The van der Waals surface area contributed by atoms with Gasteiger partial charge in [0.05, 0.1) is 11.4 Å². The first-order valence-corrected chi connectivity index (χ1v) is 11.6. The largest absolute Gasteiger partial charge is 0.443 e. The van der Waals surface area contributed by atoms with E-state index in [4.69, 9.17) is 15.2 Å². The first-order valence-electron chi connectivity index (χ1n) is 10.0. The van der Waals surface area contributed by atoms with Crippen molar-refractivity contribution in [2.45, 2.75) is 57.4 Å². The van der Waals surface area contributed by atoms with E-state index in [0.29, 0.717) is 39.7 Å². The predicted molar refractivity (Wildman–Crippen MR) is 115 cm³/mol. The third kappa shape index (κ3) is 6.38. The Labute approximate surface area is 182 Å². The summed E-state index contributed by atoms with van der Waals surface area (Å²) in [4.78, 5) is 21.0. The van der Waals surface area contributed by atoms with Crippen molar-refractivity contribution in [1.29, 1.82) is 0 Å². The van der Waals surface area contributed by atoms with Crippen molar-refractivity contribution in [3.8, 4) is 11.6 Å². The number of nitrogens with two attached hydrogens (primary N) is 1. The smallest absolute Gasteiger partial charge is 0.423 e. The van der Waals surface area contributed by atoms with Crippen LogP contribution in [0.4, 0.5) is 4.79 Å². The molecular weight excluding hydrogens is 420 g/mol. The van der Waals surface area contributed by atoms with Crippen molar-refractivity contribution in [3.05, 3.63) is 47.4 Å². The van der Waals surface area contributed by atoms with Gasteiger partial charge >= 0.3 is 6.09 Å². The van der Waals surface area contributed by atoms with Crippen molar-refractivity contribution in [2.24, 2.45) is 5.73 Å². The van der Waals surface area contributed by atoms with E-state index >= 15 is 0 Å². The fourth-order valence-corrected chi connectivity index (χ4v) is 3.77. The molecule has 1 aromatic heterocycles. The fraction of sp³-hybridized carbons (Fsp3) is 0.476. The molecule has 0 saturated heterocycles. The lowest BCUT2D eigenvalue weighted by molar-refractivity contribution is 0.0420. The van der Waals surface area contributed by atoms with E-state index in [2.05, 4.69) is 9.97 Å². The molecule has 2 aromatic rings. The van der Waals surface area contributed by atoms with Crippen LogP contribution in [0.2, 0.25) is 0 Å². The summed E-state index contributed by atoms with van der Waals surface area (Å²) in [5.41, 5.74) is 6.15. The first kappa shape index (κ1) is 23.0. The Balaban J connectivity index is 1.68. The number of nitrogens with zero attached hydrogens (tertiary/aromatic N) is 3. The molecule has 0 spiro atoms. The topological polar surface area (TPSA) is 125 Å². The van der Waals surface area contributed by atoms with Crippen LogP contribution in [0.1, 0.15) is 56.6 Å². The second-order valence-corrected chi connectivity index (χ2v) is 10.5. The lowest BCUT2D eigenvalue weighted by atomic mass is 10.2. The highest BCUT2D eigenvalue weighted by Crippen LogP contribution is 2.39. The van der Waals surface area contributed by atoms with Gasteiger partial charge in [0.15, 0.2) is 0 Å². The van der Waals surface area contributed by atoms with Gasteiger partial charge in [0.1, 0.15) is 17.2 Å². The Morgan fingerprint density at radius 2 is 1.84 bits per heavy atom. The molecule has 0 atom stereocenters. The number of rotatable bonds is 7. The quantitative estimate of drug-likeness (QED) is 0.684. The van der Waals surface area contributed by atoms with Gasteiger partial charge in [-0.1, -0.05) is 12.1 Å². The number of amides is 1. The summed E-state index contributed by atoms with van der Waals surface area (Å²) < 4.78 is 36.7. The second kappa shape index (κ2) is 8.80. The van der Waals surface area contributed by atoms with Gasteiger partial charge in [-0.15, -0.1) is 0 Å². The average molecular weight is 449 g/mol. The molecule has 9 nitrogen and oxygen atoms in total. The van der Waals surface area contributed by atoms with Crippen molar-refractivity contribution in [1.82, 2.24) is 14.3 Å². The lowest BCUT2D eigenvalue weighted by Gasteiger charge is -2.24. The molecule has 0 radical (unpaired) electrons. The fourth-order valence-electron chi connectivity index (χ4n) is 2.69. The van der Waals surface area contributed by atoms with E-state index in [-0.39, 0.29) is 5.75 Å². The van der Waals surface area contributed by atoms with Crippen LogP contribution in [0.25, 0.3) is 0 Å². The average Bonchev–Trinajstić information content (AvgIpc) is 3.52. The molecule has 1 aliphatic rings. The van der Waals surface area contributed by atoms with Gasteiger partial charge in [-0.3, -0.25) is 0 Å². The SMILES string of the molecule is CN(C(=O)OC(C)(C)C)S(=O)(=O)Cc1ccc(Oc2cc(CN)nc(C3CC3)n2)cc1. The van der Waals surface area contributed by atoms with Crippen LogP contribution in [0.3, 0.4) is 0 Å². The molecule has 1 saturated carbocycles. The summed E-state index contributed by atoms with van der Waals surface area (Å²) in [5, 5.41) is 0. The number of hydrogen-bond acceptors (Lipinski definition) is 8. The number of carbonyl (C=O) groups excluding carboxylic acids is 1. The number of carbonyl (C=O) groups is 1. The van der Waals surface area contributed by atoms with Crippen LogP contribution in [0, 0.1) is 0 Å². The van der Waals surface area contributed by atoms with Gasteiger partial charge in [-0.25, -0.2) is 22.5 Å². The molecule has 1 fully saturated rings. The maximum absolute atomic E-state index is 12.5. The molecular formula is C21H28N4O5S. The molecule has 1 aromatic carbocycles. The van der Waals surface area contributed by atoms with Crippen LogP contribution in [0.5, 0.6) is 11.6 Å². The number of sulfonamides is 1. The molecule has 10 heteroatoms. The summed E-state index contributed by atoms with van der Waals surface area (Å²) in [5.74, 6) is 1.67. The van der Waals surface area contributed by atoms with Gasteiger partial charge in [-0.05, 0) is 51.3 Å². The van der Waals surface area contributed by atoms with E-state index in [1.165, 1.54) is 7.05 Å². The van der Waals surface area contributed by atoms with E-state index in [0.717, 1.165) is 18.7 Å². The van der Waals surface area contributed by atoms with Crippen LogP contribution >= 0.6 is 0 Å². The van der Waals surface area contributed by atoms with Crippen LogP contribution in [-0.2, 0) is 27.1 Å². The monoisotopic (exact) mass is 448 g/mol. The second-order valence-electron chi connectivity index (χ2n) is 8.48. The summed E-state index contributed by atoms with van der Waals surface area (Å²) in [7, 11) is -2.71. The minimum absolute atomic E-state index is 0.292. The van der Waals surface area contributed by atoms with Crippen LogP contribution in [0.15, 0.2) is 30.3 Å². The maximum Gasteiger partial charge on any atom is 0.423 e. The first-order chi connectivity index (χ1) is 14.5. The number of ether oxygens (including phenoxy) is 2. The lowest BCUT2D eigenvalue weighted by Crippen LogP contribution is -2.38. The zero-order valence-corrected chi connectivity index (χ0v) is 19.0. The van der Waals surface area contributed by atoms with Crippen molar-refractivity contribution in [3.63, 3.8) is 0 Å². The van der Waals surface area contributed by atoms with Gasteiger partial charge in [0.2, 0.25) is 15.9 Å². The number of aromatic nitrogens is 2. The van der Waals surface area contributed by atoms with E-state index in [1.807, 2.05) is 0 Å². The molecule has 1 amide bonds. The summed E-state index contributed by atoms with van der Waals surface area (Å²) >= 11 is 0. The highest BCUT2D eigenvalue weighted by atomic mass is 32.2. The Morgan fingerprint density at radius 1 is 1.19 bits per heavy atom. The molecule has 1 aliphatic carbocycles. The Hall–Kier alpha value is -2.72. The standard InChI is InChI=1S/C21H28N4O5S/c1-21(2,3)30-20(26)25(4)31(27,28)13-14-5-9-17(10-6-14)29-18-11-16(12-22)23-19(24-18)15-7-8-15/h5-6,9-11,15H,7-8,12-13,22H2,1-4H3. The highest BCUT2D eigenvalue weighted by Gasteiger charge is 2.29. The molecule has 3 rings (SSSR count). The number of benzene rings is 1. The molecule has 168 valence electrons. The number of hydrogen-bond donors (Lipinski definition) is 1. The third-order valence-electron chi connectivity index (χ3n) is 4.49. The van der Waals surface area contributed by atoms with E-state index in [9.17, 15) is 13.2 Å². The van der Waals surface area contributed by atoms with Gasteiger partial charge in [0, 0.05) is 25.6 Å². The molecule has 0 aliphatic heterocycles. The molecule has 1 heterocycles. The Morgan fingerprint density at radius 3 is 2.39 bits per heavy atom. The summed E-state index contributed by atoms with van der Waals surface area (Å²) in [6.07, 6.45) is 1.21. The van der Waals surface area contributed by atoms with Crippen LogP contribution < -0.4 is 10.5 Å². The van der Waals surface area contributed by atoms with Gasteiger partial charge < -0.3 is 15.2 Å². The third-order valence-corrected chi connectivity index (χ3v) is 6.17. The van der Waals surface area contributed by atoms with Crippen molar-refractivity contribution < 1.29 is 22.7 Å². The normalized spacial score (nSPS) is 14.2. The maximum atomic E-state index is 12.5. The van der Waals surface area contributed by atoms with Crippen molar-refractivity contribution >= 4 is 16.1 Å². The van der Waals surface area contributed by atoms with E-state index in [1.54, 1.807) is 51.1 Å². The molecule has 2 N–H and O–H groups in total. The minimum atomic E-state index is -3.89. The summed E-state index contributed by atoms with van der Waals surface area (Å²) in [6.45, 7) is 5.31. The molecule has 0 bridgehead atoms. The minimum Gasteiger partial charge on any atom is -0.443 e. The molecule has 31 heavy (non-hydrogen) atoms. The van der Waals surface area contributed by atoms with E-state index < -0.39 is 21.7 Å². The van der Waals surface area contributed by atoms with Crippen LogP contribution in [-0.4, -0.2) is 41.4 Å². The van der Waals surface area contributed by atoms with Gasteiger partial charge in [-0.2, -0.15) is 4.98 Å². The highest BCUT2D eigenvalue weighted by molar-refractivity contribution is 7.88. The zero-order valence-electron chi connectivity index (χ0n) is 18.2. The zero-order chi connectivity index (χ0) is 22.8. The Kier molecular flexibility index (Phi) is 6.51. The predicted octanol–water partition coefficient (Wildman–Crippen LogP) is 3.30. The van der Waals surface area contributed by atoms with Crippen molar-refractivity contribution in [2.75, 3.05) is 7.05 Å².